The molecule has 0 aromatic heterocycles. The number of likely N-dealkylation sites (tertiary alicyclic amines) is 1. The number of hydrogen-bond acceptors (Lipinski definition) is 8. The van der Waals surface area contributed by atoms with Gasteiger partial charge in [-0.05, 0) is 55.0 Å². The summed E-state index contributed by atoms with van der Waals surface area (Å²) in [5.41, 5.74) is 11.0. The van der Waals surface area contributed by atoms with Crippen LogP contribution in [-0.2, 0) is 31.2 Å². The molecule has 0 unspecified atom stereocenters. The van der Waals surface area contributed by atoms with Crippen LogP contribution in [0.4, 0.5) is 10.5 Å². The molecule has 4 aliphatic rings. The van der Waals surface area contributed by atoms with Gasteiger partial charge in [0.1, 0.15) is 18.1 Å². The Labute approximate surface area is 299 Å². The fourth-order valence-corrected chi connectivity index (χ4v) is 8.91. The highest BCUT2D eigenvalue weighted by molar-refractivity contribution is 6.17. The molecule has 2 saturated heterocycles. The van der Waals surface area contributed by atoms with Gasteiger partial charge in [-0.2, -0.15) is 9.91 Å². The number of hydrazine groups is 1. The zero-order valence-corrected chi connectivity index (χ0v) is 28.3. The van der Waals surface area contributed by atoms with E-state index in [9.17, 15) is 24.3 Å². The molecule has 0 radical (unpaired) electrons. The van der Waals surface area contributed by atoms with Crippen LogP contribution in [0.25, 0.3) is 0 Å². The molecule has 2 heterocycles. The van der Waals surface area contributed by atoms with Crippen LogP contribution in [0, 0.1) is 30.6 Å². The van der Waals surface area contributed by atoms with Gasteiger partial charge >= 0.3 is 6.03 Å². The molecule has 52 heavy (non-hydrogen) atoms. The third-order valence-electron chi connectivity index (χ3n) is 11.2. The van der Waals surface area contributed by atoms with Gasteiger partial charge in [0.2, 0.25) is 11.8 Å². The van der Waals surface area contributed by atoms with Gasteiger partial charge in [0.05, 0.1) is 28.9 Å². The third kappa shape index (κ3) is 4.98. The highest BCUT2D eigenvalue weighted by Crippen LogP contribution is 2.65. The minimum absolute atomic E-state index is 0.0414. The zero-order chi connectivity index (χ0) is 36.3. The first kappa shape index (κ1) is 32.9. The summed E-state index contributed by atoms with van der Waals surface area (Å²) in [7, 11) is 0. The van der Waals surface area contributed by atoms with Crippen molar-refractivity contribution in [3.8, 4) is 11.5 Å². The van der Waals surface area contributed by atoms with Crippen LogP contribution in [0.3, 0.4) is 0 Å². The van der Waals surface area contributed by atoms with Crippen molar-refractivity contribution in [2.45, 2.75) is 37.7 Å². The maximum atomic E-state index is 15.2. The summed E-state index contributed by atoms with van der Waals surface area (Å²) < 4.78 is 6.02. The third-order valence-corrected chi connectivity index (χ3v) is 11.2. The van der Waals surface area contributed by atoms with Crippen LogP contribution in [0.2, 0.25) is 0 Å². The van der Waals surface area contributed by atoms with Gasteiger partial charge in [-0.25, -0.2) is 4.79 Å². The summed E-state index contributed by atoms with van der Waals surface area (Å²) in [6.45, 7) is 2.19. The fourth-order valence-electron chi connectivity index (χ4n) is 8.91. The number of nitrogens with zero attached hydrogens (tertiary/aromatic N) is 2. The first-order valence-corrected chi connectivity index (χ1v) is 17.2. The Kier molecular flexibility index (Phi) is 7.93. The van der Waals surface area contributed by atoms with E-state index >= 15 is 4.79 Å². The quantitative estimate of drug-likeness (QED) is 0.173. The van der Waals surface area contributed by atoms with E-state index in [0.717, 1.165) is 16.1 Å². The Morgan fingerprint density at radius 1 is 0.885 bits per heavy atom. The molecule has 6 amide bonds. The number of imide groups is 4. The van der Waals surface area contributed by atoms with E-state index in [4.69, 9.17) is 10.5 Å². The highest BCUT2D eigenvalue weighted by Gasteiger charge is 2.70. The van der Waals surface area contributed by atoms with E-state index in [2.05, 4.69) is 5.43 Å². The van der Waals surface area contributed by atoms with Crippen molar-refractivity contribution >= 4 is 35.3 Å². The first-order valence-electron chi connectivity index (χ1n) is 17.2. The number of carbonyl (C=O) groups excluding carboxylic acids is 5. The lowest BCUT2D eigenvalue weighted by Crippen LogP contribution is -2.53. The second-order valence-electron chi connectivity index (χ2n) is 13.9. The molecule has 4 aromatic carbocycles. The number of aromatic hydroxyl groups is 1. The first-order chi connectivity index (χ1) is 25.1. The van der Waals surface area contributed by atoms with Crippen molar-refractivity contribution in [2.24, 2.45) is 29.4 Å². The summed E-state index contributed by atoms with van der Waals surface area (Å²) >= 11 is 0. The van der Waals surface area contributed by atoms with Crippen molar-refractivity contribution in [1.29, 1.82) is 0 Å². The lowest BCUT2D eigenvalue weighted by Gasteiger charge is -2.50. The van der Waals surface area contributed by atoms with Gasteiger partial charge in [0, 0.05) is 17.5 Å². The smallest absolute Gasteiger partial charge is 0.328 e. The number of carbonyl (C=O) groups is 5. The number of ether oxygens (including phenoxy) is 1. The highest BCUT2D eigenvalue weighted by atomic mass is 16.5. The van der Waals surface area contributed by atoms with Crippen LogP contribution in [-0.4, -0.2) is 44.7 Å². The molecule has 11 nitrogen and oxygen atoms in total. The number of phenolic OH excluding ortho intramolecular Hbond substituents is 1. The molecule has 4 N–H and O–H groups in total. The van der Waals surface area contributed by atoms with E-state index in [-0.39, 0.29) is 25.2 Å². The number of aryl methyl sites for hydroxylation is 1. The molecule has 2 aliphatic carbocycles. The van der Waals surface area contributed by atoms with Crippen molar-refractivity contribution in [3.63, 3.8) is 0 Å². The van der Waals surface area contributed by atoms with Crippen molar-refractivity contribution in [3.05, 3.63) is 137 Å². The number of urea groups is 1. The van der Waals surface area contributed by atoms with Crippen LogP contribution >= 0.6 is 0 Å². The average Bonchev–Trinajstić information content (AvgIpc) is 3.53. The zero-order valence-electron chi connectivity index (χ0n) is 28.3. The van der Waals surface area contributed by atoms with Crippen molar-refractivity contribution in [2.75, 3.05) is 5.43 Å². The molecule has 0 spiro atoms. The van der Waals surface area contributed by atoms with Crippen LogP contribution in [0.15, 0.2) is 115 Å². The van der Waals surface area contributed by atoms with E-state index in [1.165, 1.54) is 6.07 Å². The van der Waals surface area contributed by atoms with Crippen LogP contribution in [0.5, 0.6) is 11.5 Å². The number of allylic oxidation sites excluding steroid dienone is 2. The Morgan fingerprint density at radius 3 is 2.25 bits per heavy atom. The van der Waals surface area contributed by atoms with Gasteiger partial charge in [0.15, 0.2) is 0 Å². The van der Waals surface area contributed by atoms with Gasteiger partial charge in [-0.3, -0.25) is 24.6 Å². The van der Waals surface area contributed by atoms with E-state index < -0.39 is 64.7 Å². The SMILES string of the molecule is Cc1ccc(NN2C(=O)[C@@H]3C[C@@H]4C(=CC[C@@H]5C(=O)N(C(N)=O)C(=O)[C@@H]54)[C@H](c4ccc(OCc5ccccc5)cc4O)[C@]3(c3ccccc3)C2=O)cc1. The Hall–Kier alpha value is -6.23. The summed E-state index contributed by atoms with van der Waals surface area (Å²) in [5.74, 6) is -6.70. The normalized spacial score (nSPS) is 26.4. The number of primary amides is 1. The van der Waals surface area contributed by atoms with Gasteiger partial charge < -0.3 is 15.6 Å². The second-order valence-corrected chi connectivity index (χ2v) is 13.9. The molecular formula is C41H36N4O7. The van der Waals surface area contributed by atoms with Crippen LogP contribution in [0.1, 0.15) is 41.0 Å². The summed E-state index contributed by atoms with van der Waals surface area (Å²) in [5, 5.41) is 12.9. The number of fused-ring (bicyclic) bond motifs is 4. The van der Waals surface area contributed by atoms with Gasteiger partial charge in [0.25, 0.3) is 11.8 Å². The number of nitrogens with two attached hydrogens (primary N) is 1. The lowest BCUT2D eigenvalue weighted by molar-refractivity contribution is -0.139. The number of nitrogens with one attached hydrogen (secondary N) is 1. The van der Waals surface area contributed by atoms with E-state index in [0.29, 0.717) is 33.0 Å². The second kappa shape index (κ2) is 12.5. The lowest BCUT2D eigenvalue weighted by atomic mass is 9.49. The maximum Gasteiger partial charge on any atom is 0.328 e. The van der Waals surface area contributed by atoms with Gasteiger partial charge in [-0.15, -0.1) is 0 Å². The predicted octanol–water partition coefficient (Wildman–Crippen LogP) is 5.34. The molecule has 3 fully saturated rings. The number of phenols is 1. The standard InChI is InChI=1S/C41H36N4O7/c1-23-12-14-26(15-13-23)43-45-37(48)32-21-31-28(18-19-30-34(31)38(49)44(36(30)47)40(42)51)35(41(32,39(45)50)25-10-6-3-7-11-25)29-17-16-27(20-33(29)46)52-22-24-8-4-2-5-9-24/h2-18,20,30-32,34-35,43,46H,19,21-22H2,1H3,(H2,42,51)/t30-,31+,32-,34-,35+,41+/m0/s1. The predicted molar refractivity (Wildman–Crippen MR) is 189 cm³/mol. The average molecular weight is 697 g/mol. The van der Waals surface area contributed by atoms with Crippen LogP contribution < -0.4 is 15.9 Å². The minimum Gasteiger partial charge on any atom is -0.508 e. The number of benzene rings is 4. The van der Waals surface area contributed by atoms with E-state index in [1.807, 2.05) is 61.5 Å². The number of anilines is 1. The Balaban J connectivity index is 1.30. The molecule has 1 saturated carbocycles. The van der Waals surface area contributed by atoms with Crippen molar-refractivity contribution in [1.82, 2.24) is 9.91 Å². The van der Waals surface area contributed by atoms with Gasteiger partial charge in [-0.1, -0.05) is 96.1 Å². The Morgan fingerprint density at radius 2 is 1.58 bits per heavy atom. The summed E-state index contributed by atoms with van der Waals surface area (Å²) in [6.07, 6.45) is 2.00. The molecule has 4 aromatic rings. The van der Waals surface area contributed by atoms with E-state index in [1.54, 1.807) is 48.5 Å². The fraction of sp³-hybridized carbons (Fsp3) is 0.244. The molecule has 0 bridgehead atoms. The number of hydrogen-bond donors (Lipinski definition) is 3. The summed E-state index contributed by atoms with van der Waals surface area (Å²) in [4.78, 5) is 70.0. The molecule has 6 atom stereocenters. The molecule has 11 heteroatoms. The largest absolute Gasteiger partial charge is 0.508 e. The number of rotatable bonds is 7. The molecule has 262 valence electrons. The van der Waals surface area contributed by atoms with Crippen molar-refractivity contribution < 1.29 is 33.8 Å². The maximum absolute atomic E-state index is 15.2. The molecule has 8 rings (SSSR count). The topological polar surface area (TPSA) is 159 Å². The number of amides is 6. The molecular weight excluding hydrogens is 660 g/mol. The monoisotopic (exact) mass is 696 g/mol. The minimum atomic E-state index is -1.57. The molecule has 2 aliphatic heterocycles. The summed E-state index contributed by atoms with van der Waals surface area (Å²) in [6, 6.07) is 29.6. The Bertz CT molecular complexity index is 2150.